The molecule has 27 heavy (non-hydrogen) atoms. The van der Waals surface area contributed by atoms with Crippen molar-refractivity contribution in [1.29, 1.82) is 0 Å². The van der Waals surface area contributed by atoms with Crippen molar-refractivity contribution in [3.05, 3.63) is 54.0 Å². The Morgan fingerprint density at radius 1 is 1.11 bits per heavy atom. The molecule has 1 aromatic heterocycles. The third-order valence-corrected chi connectivity index (χ3v) is 4.25. The van der Waals surface area contributed by atoms with Gasteiger partial charge in [-0.3, -0.25) is 14.4 Å². The van der Waals surface area contributed by atoms with Crippen molar-refractivity contribution in [3.8, 4) is 0 Å². The van der Waals surface area contributed by atoms with E-state index < -0.39 is 6.04 Å². The van der Waals surface area contributed by atoms with E-state index in [1.54, 1.807) is 13.0 Å². The summed E-state index contributed by atoms with van der Waals surface area (Å²) in [7, 11) is 0. The monoisotopic (exact) mass is 371 g/mol. The summed E-state index contributed by atoms with van der Waals surface area (Å²) < 4.78 is 4.85. The van der Waals surface area contributed by atoms with Crippen LogP contribution in [0.2, 0.25) is 0 Å². The number of carbonyl (C=O) groups is 3. The van der Waals surface area contributed by atoms with E-state index in [2.05, 4.69) is 16.0 Å². The zero-order valence-electron chi connectivity index (χ0n) is 15.7. The van der Waals surface area contributed by atoms with Gasteiger partial charge in [0.25, 0.3) is 5.91 Å². The van der Waals surface area contributed by atoms with Gasteiger partial charge in [-0.15, -0.1) is 0 Å². The third kappa shape index (κ3) is 5.99. The van der Waals surface area contributed by atoms with Gasteiger partial charge in [0, 0.05) is 18.2 Å². The Morgan fingerprint density at radius 2 is 1.89 bits per heavy atom. The van der Waals surface area contributed by atoms with Crippen molar-refractivity contribution in [3.63, 3.8) is 0 Å². The SMILES string of the molecule is CCC(C)C(=O)Nc1cccc(CNC(=O)C(C)NC(=O)c2ccoc2)c1. The molecule has 0 fully saturated rings. The Bertz CT molecular complexity index is 786. The third-order valence-electron chi connectivity index (χ3n) is 4.25. The van der Waals surface area contributed by atoms with Crippen LogP contribution in [0, 0.1) is 5.92 Å². The first-order valence-corrected chi connectivity index (χ1v) is 8.91. The molecule has 2 aromatic rings. The second-order valence-corrected chi connectivity index (χ2v) is 6.42. The van der Waals surface area contributed by atoms with Gasteiger partial charge in [0.05, 0.1) is 11.8 Å². The molecular formula is C20H25N3O4. The van der Waals surface area contributed by atoms with E-state index in [4.69, 9.17) is 4.42 Å². The summed E-state index contributed by atoms with van der Waals surface area (Å²) in [6.07, 6.45) is 3.48. The minimum Gasteiger partial charge on any atom is -0.472 e. The van der Waals surface area contributed by atoms with Crippen LogP contribution in [-0.4, -0.2) is 23.8 Å². The highest BCUT2D eigenvalue weighted by Gasteiger charge is 2.17. The molecule has 0 saturated carbocycles. The summed E-state index contributed by atoms with van der Waals surface area (Å²) in [5.74, 6) is -0.774. The van der Waals surface area contributed by atoms with Gasteiger partial charge in [-0.25, -0.2) is 0 Å². The first-order valence-electron chi connectivity index (χ1n) is 8.91. The number of rotatable bonds is 8. The Kier molecular flexibility index (Phi) is 7.16. The Hall–Kier alpha value is -3.09. The number of hydrogen-bond donors (Lipinski definition) is 3. The Morgan fingerprint density at radius 3 is 2.56 bits per heavy atom. The predicted octanol–water partition coefficient (Wildman–Crippen LogP) is 2.70. The van der Waals surface area contributed by atoms with Crippen molar-refractivity contribution in [1.82, 2.24) is 10.6 Å². The lowest BCUT2D eigenvalue weighted by Gasteiger charge is -2.14. The summed E-state index contributed by atoms with van der Waals surface area (Å²) in [4.78, 5) is 36.1. The van der Waals surface area contributed by atoms with Gasteiger partial charge >= 0.3 is 0 Å². The standard InChI is InChI=1S/C20H25N3O4/c1-4-13(2)18(24)23-17-7-5-6-15(10-17)11-21-19(25)14(3)22-20(26)16-8-9-27-12-16/h5-10,12-14H,4,11H2,1-3H3,(H,21,25)(H,22,26)(H,23,24). The van der Waals surface area contributed by atoms with E-state index in [9.17, 15) is 14.4 Å². The van der Waals surface area contributed by atoms with E-state index in [-0.39, 0.29) is 30.2 Å². The fraction of sp³-hybridized carbons (Fsp3) is 0.350. The van der Waals surface area contributed by atoms with E-state index in [1.807, 2.05) is 32.0 Å². The topological polar surface area (TPSA) is 100 Å². The maximum Gasteiger partial charge on any atom is 0.255 e. The second-order valence-electron chi connectivity index (χ2n) is 6.42. The van der Waals surface area contributed by atoms with Crippen LogP contribution in [0.1, 0.15) is 43.1 Å². The highest BCUT2D eigenvalue weighted by Crippen LogP contribution is 2.13. The normalized spacial score (nSPS) is 12.7. The smallest absolute Gasteiger partial charge is 0.255 e. The van der Waals surface area contributed by atoms with Crippen molar-refractivity contribution in [2.75, 3.05) is 5.32 Å². The quantitative estimate of drug-likeness (QED) is 0.664. The van der Waals surface area contributed by atoms with E-state index in [0.29, 0.717) is 11.3 Å². The number of carbonyl (C=O) groups excluding carboxylic acids is 3. The van der Waals surface area contributed by atoms with Crippen LogP contribution in [0.5, 0.6) is 0 Å². The van der Waals surface area contributed by atoms with Gasteiger partial charge < -0.3 is 20.4 Å². The van der Waals surface area contributed by atoms with Crippen LogP contribution >= 0.6 is 0 Å². The minimum atomic E-state index is -0.694. The molecule has 0 aliphatic carbocycles. The first-order chi connectivity index (χ1) is 12.9. The Labute approximate surface area is 158 Å². The van der Waals surface area contributed by atoms with Gasteiger partial charge in [0.1, 0.15) is 12.3 Å². The minimum absolute atomic E-state index is 0.0331. The summed E-state index contributed by atoms with van der Waals surface area (Å²) in [5, 5.41) is 8.25. The molecule has 3 amide bonds. The largest absolute Gasteiger partial charge is 0.472 e. The molecule has 2 rings (SSSR count). The van der Waals surface area contributed by atoms with Gasteiger partial charge in [-0.05, 0) is 37.1 Å². The molecule has 3 N–H and O–H groups in total. The second kappa shape index (κ2) is 9.56. The van der Waals surface area contributed by atoms with Crippen molar-refractivity contribution < 1.29 is 18.8 Å². The highest BCUT2D eigenvalue weighted by atomic mass is 16.3. The van der Waals surface area contributed by atoms with Gasteiger partial charge in [0.15, 0.2) is 0 Å². The lowest BCUT2D eigenvalue weighted by molar-refractivity contribution is -0.122. The molecule has 0 spiro atoms. The van der Waals surface area contributed by atoms with Gasteiger partial charge in [0.2, 0.25) is 11.8 Å². The van der Waals surface area contributed by atoms with E-state index in [0.717, 1.165) is 12.0 Å². The van der Waals surface area contributed by atoms with E-state index >= 15 is 0 Å². The molecule has 0 aliphatic rings. The average Bonchev–Trinajstić information content (AvgIpc) is 3.20. The molecule has 1 heterocycles. The van der Waals surface area contributed by atoms with Gasteiger partial charge in [-0.2, -0.15) is 0 Å². The lowest BCUT2D eigenvalue weighted by Crippen LogP contribution is -2.44. The summed E-state index contributed by atoms with van der Waals surface area (Å²) >= 11 is 0. The molecule has 144 valence electrons. The fourth-order valence-corrected chi connectivity index (χ4v) is 2.29. The Balaban J connectivity index is 1.86. The molecule has 0 aliphatic heterocycles. The van der Waals surface area contributed by atoms with Crippen molar-refractivity contribution in [2.24, 2.45) is 5.92 Å². The number of furan rings is 1. The molecule has 0 saturated heterocycles. The maximum absolute atomic E-state index is 12.2. The number of anilines is 1. The number of amides is 3. The van der Waals surface area contributed by atoms with E-state index in [1.165, 1.54) is 18.6 Å². The molecule has 0 radical (unpaired) electrons. The molecule has 1 aromatic carbocycles. The van der Waals surface area contributed by atoms with Crippen molar-refractivity contribution >= 4 is 23.4 Å². The predicted molar refractivity (Wildman–Crippen MR) is 102 cm³/mol. The number of hydrogen-bond acceptors (Lipinski definition) is 4. The first kappa shape index (κ1) is 20.2. The van der Waals surface area contributed by atoms with Crippen molar-refractivity contribution in [2.45, 2.75) is 39.8 Å². The van der Waals surface area contributed by atoms with Crippen LogP contribution < -0.4 is 16.0 Å². The lowest BCUT2D eigenvalue weighted by atomic mass is 10.1. The summed E-state index contributed by atoms with van der Waals surface area (Å²) in [6.45, 7) is 5.73. The van der Waals surface area contributed by atoms with Crippen LogP contribution in [0.4, 0.5) is 5.69 Å². The van der Waals surface area contributed by atoms with Crippen LogP contribution in [0.3, 0.4) is 0 Å². The summed E-state index contributed by atoms with van der Waals surface area (Å²) in [5.41, 5.74) is 1.89. The zero-order chi connectivity index (χ0) is 19.8. The molecule has 2 unspecified atom stereocenters. The molecule has 7 heteroatoms. The van der Waals surface area contributed by atoms with Crippen LogP contribution in [0.25, 0.3) is 0 Å². The van der Waals surface area contributed by atoms with Crippen LogP contribution in [-0.2, 0) is 16.1 Å². The molecule has 7 nitrogen and oxygen atoms in total. The number of nitrogens with one attached hydrogen (secondary N) is 3. The van der Waals surface area contributed by atoms with Crippen LogP contribution in [0.15, 0.2) is 47.3 Å². The van der Waals surface area contributed by atoms with Gasteiger partial charge in [-0.1, -0.05) is 26.0 Å². The molecule has 2 atom stereocenters. The fourth-order valence-electron chi connectivity index (χ4n) is 2.29. The maximum atomic E-state index is 12.2. The summed E-state index contributed by atoms with van der Waals surface area (Å²) in [6, 6.07) is 8.13. The average molecular weight is 371 g/mol. The molecular weight excluding hydrogens is 346 g/mol. The molecule has 0 bridgehead atoms. The zero-order valence-corrected chi connectivity index (χ0v) is 15.7. The number of benzene rings is 1. The highest BCUT2D eigenvalue weighted by molar-refractivity contribution is 5.97.